The predicted octanol–water partition coefficient (Wildman–Crippen LogP) is 4.27. The summed E-state index contributed by atoms with van der Waals surface area (Å²) >= 11 is 0. The molecule has 1 N–H and O–H groups in total. The number of anilines is 2. The topological polar surface area (TPSA) is 58.1 Å². The zero-order chi connectivity index (χ0) is 18.4. The monoisotopic (exact) mass is 346 g/mol. The normalized spacial score (nSPS) is 10.6. The highest BCUT2D eigenvalue weighted by atomic mass is 16.2. The molecule has 3 aromatic rings. The molecule has 1 heterocycles. The highest BCUT2D eigenvalue weighted by molar-refractivity contribution is 5.93. The van der Waals surface area contributed by atoms with E-state index in [4.69, 9.17) is 0 Å². The van der Waals surface area contributed by atoms with Crippen molar-refractivity contribution in [1.82, 2.24) is 14.9 Å². The Balaban J connectivity index is 1.73. The SMILES string of the molecule is CC(C)N(Cc1ccccc1)C(=O)c1cnc(Nc2ccccc2)nc1. The molecule has 0 bridgehead atoms. The minimum absolute atomic E-state index is 0.0739. The average molecular weight is 346 g/mol. The van der Waals surface area contributed by atoms with E-state index in [2.05, 4.69) is 15.3 Å². The van der Waals surface area contributed by atoms with Crippen LogP contribution in [0.15, 0.2) is 73.1 Å². The van der Waals surface area contributed by atoms with E-state index >= 15 is 0 Å². The minimum Gasteiger partial charge on any atom is -0.332 e. The third-order valence-corrected chi connectivity index (χ3v) is 4.01. The van der Waals surface area contributed by atoms with Crippen molar-refractivity contribution in [2.24, 2.45) is 0 Å². The number of carbonyl (C=O) groups is 1. The van der Waals surface area contributed by atoms with Gasteiger partial charge >= 0.3 is 0 Å². The summed E-state index contributed by atoms with van der Waals surface area (Å²) in [6.45, 7) is 4.57. The second-order valence-electron chi connectivity index (χ2n) is 6.30. The second kappa shape index (κ2) is 8.25. The first-order valence-corrected chi connectivity index (χ1v) is 8.62. The number of aromatic nitrogens is 2. The molecule has 3 rings (SSSR count). The zero-order valence-electron chi connectivity index (χ0n) is 15.0. The van der Waals surface area contributed by atoms with Gasteiger partial charge in [-0.15, -0.1) is 0 Å². The van der Waals surface area contributed by atoms with Gasteiger partial charge in [-0.2, -0.15) is 0 Å². The molecule has 5 heteroatoms. The Morgan fingerprint density at radius 2 is 1.54 bits per heavy atom. The first-order valence-electron chi connectivity index (χ1n) is 8.62. The van der Waals surface area contributed by atoms with Crippen LogP contribution in [0.3, 0.4) is 0 Å². The van der Waals surface area contributed by atoms with Crippen molar-refractivity contribution in [3.63, 3.8) is 0 Å². The summed E-state index contributed by atoms with van der Waals surface area (Å²) in [6.07, 6.45) is 3.14. The number of benzene rings is 2. The van der Waals surface area contributed by atoms with Gasteiger partial charge in [0.25, 0.3) is 5.91 Å². The van der Waals surface area contributed by atoms with E-state index < -0.39 is 0 Å². The third kappa shape index (κ3) is 4.45. The van der Waals surface area contributed by atoms with Crippen molar-refractivity contribution in [3.05, 3.63) is 84.2 Å². The maximum absolute atomic E-state index is 12.9. The van der Waals surface area contributed by atoms with Crippen LogP contribution in [0, 0.1) is 0 Å². The smallest absolute Gasteiger partial charge is 0.257 e. The fourth-order valence-electron chi connectivity index (χ4n) is 2.59. The van der Waals surface area contributed by atoms with E-state index in [-0.39, 0.29) is 11.9 Å². The first kappa shape index (κ1) is 17.6. The predicted molar refractivity (Wildman–Crippen MR) is 103 cm³/mol. The van der Waals surface area contributed by atoms with Crippen LogP contribution in [0.2, 0.25) is 0 Å². The fraction of sp³-hybridized carbons (Fsp3) is 0.190. The first-order chi connectivity index (χ1) is 12.6. The van der Waals surface area contributed by atoms with E-state index in [1.165, 1.54) is 0 Å². The highest BCUT2D eigenvalue weighted by Gasteiger charge is 2.19. The molecular formula is C21H22N4O. The number of amides is 1. The molecule has 132 valence electrons. The molecule has 0 spiro atoms. The minimum atomic E-state index is -0.0740. The number of nitrogens with zero attached hydrogens (tertiary/aromatic N) is 3. The number of nitrogens with one attached hydrogen (secondary N) is 1. The summed E-state index contributed by atoms with van der Waals surface area (Å²) in [5.41, 5.74) is 2.48. The van der Waals surface area contributed by atoms with Gasteiger partial charge in [-0.25, -0.2) is 9.97 Å². The molecular weight excluding hydrogens is 324 g/mol. The molecule has 0 saturated heterocycles. The summed E-state index contributed by atoms with van der Waals surface area (Å²) in [5, 5.41) is 3.11. The Morgan fingerprint density at radius 1 is 0.962 bits per heavy atom. The lowest BCUT2D eigenvalue weighted by atomic mass is 10.1. The molecule has 0 saturated carbocycles. The van der Waals surface area contributed by atoms with Crippen LogP contribution < -0.4 is 5.32 Å². The summed E-state index contributed by atoms with van der Waals surface area (Å²) in [5.74, 6) is 0.391. The van der Waals surface area contributed by atoms with Crippen molar-refractivity contribution in [2.75, 3.05) is 5.32 Å². The fourth-order valence-corrected chi connectivity index (χ4v) is 2.59. The molecule has 0 aliphatic rings. The molecule has 26 heavy (non-hydrogen) atoms. The average Bonchev–Trinajstić information content (AvgIpc) is 2.67. The molecule has 5 nitrogen and oxygen atoms in total. The molecule has 1 aromatic heterocycles. The lowest BCUT2D eigenvalue weighted by molar-refractivity contribution is 0.0689. The van der Waals surface area contributed by atoms with E-state index in [1.807, 2.05) is 79.4 Å². The summed E-state index contributed by atoms with van der Waals surface area (Å²) in [6, 6.07) is 19.7. The number of hydrogen-bond acceptors (Lipinski definition) is 4. The molecule has 0 unspecified atom stereocenters. The molecule has 0 fully saturated rings. The van der Waals surface area contributed by atoms with Crippen molar-refractivity contribution in [2.45, 2.75) is 26.4 Å². The summed E-state index contributed by atoms with van der Waals surface area (Å²) < 4.78 is 0. The lowest BCUT2D eigenvalue weighted by Crippen LogP contribution is -2.36. The van der Waals surface area contributed by atoms with Gasteiger partial charge in [-0.1, -0.05) is 48.5 Å². The van der Waals surface area contributed by atoms with E-state index in [0.717, 1.165) is 11.3 Å². The van der Waals surface area contributed by atoms with Crippen molar-refractivity contribution < 1.29 is 4.79 Å². The van der Waals surface area contributed by atoms with Gasteiger partial charge in [0.2, 0.25) is 5.95 Å². The number of rotatable bonds is 6. The third-order valence-electron chi connectivity index (χ3n) is 4.01. The van der Waals surface area contributed by atoms with Crippen molar-refractivity contribution >= 4 is 17.5 Å². The molecule has 1 amide bonds. The van der Waals surface area contributed by atoms with Gasteiger partial charge in [-0.05, 0) is 31.5 Å². The van der Waals surface area contributed by atoms with Gasteiger partial charge < -0.3 is 10.2 Å². The van der Waals surface area contributed by atoms with Crippen LogP contribution in [-0.2, 0) is 6.54 Å². The Bertz CT molecular complexity index is 833. The van der Waals surface area contributed by atoms with Crippen LogP contribution in [0.25, 0.3) is 0 Å². The zero-order valence-corrected chi connectivity index (χ0v) is 15.0. The summed E-state index contributed by atoms with van der Waals surface area (Å²) in [4.78, 5) is 23.3. The van der Waals surface area contributed by atoms with Gasteiger partial charge in [0.15, 0.2) is 0 Å². The molecule has 0 aliphatic heterocycles. The van der Waals surface area contributed by atoms with Gasteiger partial charge in [-0.3, -0.25) is 4.79 Å². The van der Waals surface area contributed by atoms with E-state index in [0.29, 0.717) is 18.1 Å². The van der Waals surface area contributed by atoms with Crippen molar-refractivity contribution in [1.29, 1.82) is 0 Å². The summed E-state index contributed by atoms with van der Waals surface area (Å²) in [7, 11) is 0. The maximum atomic E-state index is 12.9. The molecule has 0 radical (unpaired) electrons. The Morgan fingerprint density at radius 3 is 2.12 bits per heavy atom. The van der Waals surface area contributed by atoms with Crippen LogP contribution in [-0.4, -0.2) is 26.8 Å². The number of hydrogen-bond donors (Lipinski definition) is 1. The van der Waals surface area contributed by atoms with Crippen LogP contribution in [0.4, 0.5) is 11.6 Å². The molecule has 2 aromatic carbocycles. The van der Waals surface area contributed by atoms with Crippen LogP contribution in [0.5, 0.6) is 0 Å². The van der Waals surface area contributed by atoms with Gasteiger partial charge in [0, 0.05) is 30.7 Å². The Labute approximate surface area is 153 Å². The maximum Gasteiger partial charge on any atom is 0.257 e. The van der Waals surface area contributed by atoms with Gasteiger partial charge in [0.05, 0.1) is 5.56 Å². The van der Waals surface area contributed by atoms with E-state index in [1.54, 1.807) is 12.4 Å². The lowest BCUT2D eigenvalue weighted by Gasteiger charge is -2.26. The standard InChI is InChI=1S/C21H22N4O/c1-16(2)25(15-17-9-5-3-6-10-17)20(26)18-13-22-21(23-14-18)24-19-11-7-4-8-12-19/h3-14,16H,15H2,1-2H3,(H,22,23,24). The van der Waals surface area contributed by atoms with Gasteiger partial charge in [0.1, 0.15) is 0 Å². The number of carbonyl (C=O) groups excluding carboxylic acids is 1. The Kier molecular flexibility index (Phi) is 5.59. The molecule has 0 aliphatic carbocycles. The quantitative estimate of drug-likeness (QED) is 0.724. The number of para-hydroxylation sites is 1. The highest BCUT2D eigenvalue weighted by Crippen LogP contribution is 2.15. The Hall–Kier alpha value is -3.21. The second-order valence-corrected chi connectivity index (χ2v) is 6.30. The largest absolute Gasteiger partial charge is 0.332 e. The van der Waals surface area contributed by atoms with E-state index in [9.17, 15) is 4.79 Å². The van der Waals surface area contributed by atoms with Crippen LogP contribution in [0.1, 0.15) is 29.8 Å². The molecule has 0 atom stereocenters. The van der Waals surface area contributed by atoms with Crippen molar-refractivity contribution in [3.8, 4) is 0 Å². The van der Waals surface area contributed by atoms with Crippen LogP contribution >= 0.6 is 0 Å².